The average Bonchev–Trinajstić information content (AvgIpc) is 3.16. The molecule has 0 unspecified atom stereocenters. The zero-order chi connectivity index (χ0) is 22.7. The molecule has 1 aliphatic heterocycles. The number of amides is 1. The first-order valence-corrected chi connectivity index (χ1v) is 10.5. The molecule has 166 valence electrons. The molecule has 1 aliphatic rings. The highest BCUT2D eigenvalue weighted by Crippen LogP contribution is 2.38. The lowest BCUT2D eigenvalue weighted by Gasteiger charge is -2.31. The second-order valence-corrected chi connectivity index (χ2v) is 7.99. The van der Waals surface area contributed by atoms with Crippen molar-refractivity contribution in [3.8, 4) is 0 Å². The molecular weight excluding hydrogens is 437 g/mol. The van der Waals surface area contributed by atoms with Crippen LogP contribution in [0, 0.1) is 5.82 Å². The van der Waals surface area contributed by atoms with E-state index in [2.05, 4.69) is 20.7 Å². The Morgan fingerprint density at radius 3 is 2.50 bits per heavy atom. The summed E-state index contributed by atoms with van der Waals surface area (Å²) in [6.45, 7) is 0. The summed E-state index contributed by atoms with van der Waals surface area (Å²) < 4.78 is 15.2. The number of carbonyl (C=O) groups is 2. The Balaban J connectivity index is 1.59. The van der Waals surface area contributed by atoms with Crippen molar-refractivity contribution < 1.29 is 19.1 Å². The summed E-state index contributed by atoms with van der Waals surface area (Å²) in [5.41, 5.74) is 1.87. The van der Waals surface area contributed by atoms with Crippen LogP contribution in [0.5, 0.6) is 0 Å². The van der Waals surface area contributed by atoms with Gasteiger partial charge in [0.05, 0.1) is 12.1 Å². The van der Waals surface area contributed by atoms with Crippen LogP contribution in [0.15, 0.2) is 48.5 Å². The third-order valence-corrected chi connectivity index (χ3v) is 5.51. The van der Waals surface area contributed by atoms with Gasteiger partial charge >= 0.3 is 5.97 Å². The third kappa shape index (κ3) is 5.05. The summed E-state index contributed by atoms with van der Waals surface area (Å²) in [5.74, 6) is -1.05. The fourth-order valence-corrected chi connectivity index (χ4v) is 3.82. The molecule has 2 atom stereocenters. The second kappa shape index (κ2) is 9.35. The number of carboxylic acids is 1. The van der Waals surface area contributed by atoms with E-state index in [1.54, 1.807) is 16.8 Å². The molecule has 2 aromatic carbocycles. The molecule has 10 heteroatoms. The number of rotatable bonds is 7. The molecule has 3 N–H and O–H groups in total. The van der Waals surface area contributed by atoms with E-state index >= 15 is 0 Å². The van der Waals surface area contributed by atoms with Gasteiger partial charge in [-0.3, -0.25) is 14.9 Å². The largest absolute Gasteiger partial charge is 0.481 e. The normalized spacial score (nSPS) is 17.3. The van der Waals surface area contributed by atoms with Gasteiger partial charge in [0.1, 0.15) is 5.82 Å². The molecule has 0 bridgehead atoms. The summed E-state index contributed by atoms with van der Waals surface area (Å²) >= 11 is 6.02. The van der Waals surface area contributed by atoms with Gasteiger partial charge in [-0.2, -0.15) is 4.98 Å². The van der Waals surface area contributed by atoms with Crippen molar-refractivity contribution in [3.05, 3.63) is 70.5 Å². The fourth-order valence-electron chi connectivity index (χ4n) is 3.69. The summed E-state index contributed by atoms with van der Waals surface area (Å²) in [7, 11) is 0. The molecular formula is C22H21ClFN5O3. The number of nitrogens with zero attached hydrogens (tertiary/aromatic N) is 3. The number of nitrogens with one attached hydrogen (secondary N) is 2. The lowest BCUT2D eigenvalue weighted by atomic mass is 9.93. The molecule has 1 amide bonds. The van der Waals surface area contributed by atoms with Crippen LogP contribution in [0.4, 0.5) is 16.3 Å². The maximum absolute atomic E-state index is 13.5. The molecule has 3 aromatic rings. The number of anilines is 2. The minimum absolute atomic E-state index is 0.0540. The summed E-state index contributed by atoms with van der Waals surface area (Å²) in [6, 6.07) is 13.4. The Bertz CT molecular complexity index is 1120. The van der Waals surface area contributed by atoms with Crippen LogP contribution in [0.3, 0.4) is 0 Å². The number of hydrogen-bond acceptors (Lipinski definition) is 5. The maximum Gasteiger partial charge on any atom is 0.303 e. The van der Waals surface area contributed by atoms with Crippen LogP contribution in [0.2, 0.25) is 5.02 Å². The minimum atomic E-state index is -0.951. The predicted octanol–water partition coefficient (Wildman–Crippen LogP) is 4.41. The predicted molar refractivity (Wildman–Crippen MR) is 117 cm³/mol. The number of fused-ring (bicyclic) bond motifs is 1. The number of aliphatic carboxylic acids is 1. The van der Waals surface area contributed by atoms with Gasteiger partial charge in [0.2, 0.25) is 11.9 Å². The van der Waals surface area contributed by atoms with Gasteiger partial charge in [-0.25, -0.2) is 9.07 Å². The van der Waals surface area contributed by atoms with Crippen molar-refractivity contribution in [2.45, 2.75) is 37.8 Å². The third-order valence-electron chi connectivity index (χ3n) is 5.26. The number of halogens is 2. The lowest BCUT2D eigenvalue weighted by Crippen LogP contribution is -2.28. The first kappa shape index (κ1) is 21.8. The molecule has 2 heterocycles. The van der Waals surface area contributed by atoms with Gasteiger partial charge in [-0.05, 0) is 48.2 Å². The molecule has 32 heavy (non-hydrogen) atoms. The van der Waals surface area contributed by atoms with Crippen LogP contribution in [0.1, 0.15) is 48.9 Å². The lowest BCUT2D eigenvalue weighted by molar-refractivity contribution is -0.137. The SMILES string of the molecule is O=C(O)CCCC(=O)Nc1nc2n(n1)[C@H](c1ccc(F)cc1)C[C@@H](c1ccc(Cl)cc1)N2. The average molecular weight is 458 g/mol. The Morgan fingerprint density at radius 1 is 1.12 bits per heavy atom. The van der Waals surface area contributed by atoms with Gasteiger partial charge in [0.25, 0.3) is 5.95 Å². The highest BCUT2D eigenvalue weighted by Gasteiger charge is 2.31. The van der Waals surface area contributed by atoms with E-state index in [-0.39, 0.29) is 49.0 Å². The Morgan fingerprint density at radius 2 is 1.81 bits per heavy atom. The molecule has 1 aromatic heterocycles. The molecule has 8 nitrogen and oxygen atoms in total. The highest BCUT2D eigenvalue weighted by molar-refractivity contribution is 6.30. The molecule has 0 saturated carbocycles. The molecule has 0 fully saturated rings. The van der Waals surface area contributed by atoms with Crippen LogP contribution in [-0.4, -0.2) is 31.7 Å². The quantitative estimate of drug-likeness (QED) is 0.485. The van der Waals surface area contributed by atoms with Crippen LogP contribution in [0.25, 0.3) is 0 Å². The smallest absolute Gasteiger partial charge is 0.303 e. The second-order valence-electron chi connectivity index (χ2n) is 7.55. The van der Waals surface area contributed by atoms with Crippen molar-refractivity contribution in [2.24, 2.45) is 0 Å². The number of hydrogen-bond donors (Lipinski definition) is 3. The highest BCUT2D eigenvalue weighted by atomic mass is 35.5. The van der Waals surface area contributed by atoms with E-state index in [4.69, 9.17) is 16.7 Å². The van der Waals surface area contributed by atoms with E-state index in [0.29, 0.717) is 17.4 Å². The molecule has 0 radical (unpaired) electrons. The number of aromatic nitrogens is 3. The van der Waals surface area contributed by atoms with Crippen molar-refractivity contribution >= 4 is 35.4 Å². The zero-order valence-electron chi connectivity index (χ0n) is 17.0. The van der Waals surface area contributed by atoms with Crippen molar-refractivity contribution in [1.82, 2.24) is 14.8 Å². The number of carbonyl (C=O) groups excluding carboxylic acids is 1. The van der Waals surface area contributed by atoms with Crippen molar-refractivity contribution in [1.29, 1.82) is 0 Å². The summed E-state index contributed by atoms with van der Waals surface area (Å²) in [5, 5.41) is 19.8. The van der Waals surface area contributed by atoms with Gasteiger partial charge < -0.3 is 10.4 Å². The molecule has 0 spiro atoms. The Kier molecular flexibility index (Phi) is 6.36. The Labute approximate surface area is 188 Å². The van der Waals surface area contributed by atoms with E-state index in [1.807, 2.05) is 24.3 Å². The van der Waals surface area contributed by atoms with E-state index < -0.39 is 5.97 Å². The fraction of sp³-hybridized carbons (Fsp3) is 0.273. The summed E-state index contributed by atoms with van der Waals surface area (Å²) in [6.07, 6.45) is 0.815. The van der Waals surface area contributed by atoms with Crippen LogP contribution >= 0.6 is 11.6 Å². The number of benzene rings is 2. The maximum atomic E-state index is 13.5. The van der Waals surface area contributed by atoms with Crippen LogP contribution < -0.4 is 10.6 Å². The van der Waals surface area contributed by atoms with Gasteiger partial charge in [-0.1, -0.05) is 35.9 Å². The first-order chi connectivity index (χ1) is 15.4. The van der Waals surface area contributed by atoms with E-state index in [0.717, 1.165) is 11.1 Å². The molecule has 0 saturated heterocycles. The van der Waals surface area contributed by atoms with Gasteiger partial charge in [-0.15, -0.1) is 5.10 Å². The van der Waals surface area contributed by atoms with Crippen molar-refractivity contribution in [2.75, 3.05) is 10.6 Å². The van der Waals surface area contributed by atoms with Crippen LogP contribution in [-0.2, 0) is 9.59 Å². The summed E-state index contributed by atoms with van der Waals surface area (Å²) in [4.78, 5) is 27.2. The molecule has 0 aliphatic carbocycles. The monoisotopic (exact) mass is 457 g/mol. The molecule has 4 rings (SSSR count). The van der Waals surface area contributed by atoms with Gasteiger partial charge in [0.15, 0.2) is 0 Å². The van der Waals surface area contributed by atoms with E-state index in [1.165, 1.54) is 12.1 Å². The topological polar surface area (TPSA) is 109 Å². The van der Waals surface area contributed by atoms with E-state index in [9.17, 15) is 14.0 Å². The Hall–Kier alpha value is -3.46. The van der Waals surface area contributed by atoms with Gasteiger partial charge in [0, 0.05) is 17.9 Å². The first-order valence-electron chi connectivity index (χ1n) is 10.1. The standard InChI is InChI=1S/C22H21ClFN5O3/c23-15-8-4-13(5-9-15)17-12-18(14-6-10-16(24)11-7-14)29-22(25-17)27-21(28-29)26-19(30)2-1-3-20(31)32/h4-11,17-18H,1-3,12H2,(H,31,32)(H2,25,26,27,28,30)/t17-,18-/m0/s1. The van der Waals surface area contributed by atoms with Crippen molar-refractivity contribution in [3.63, 3.8) is 0 Å². The minimum Gasteiger partial charge on any atom is -0.481 e. The zero-order valence-corrected chi connectivity index (χ0v) is 17.7. The number of carboxylic acid groups (broad SMARTS) is 1.